The molecule has 0 spiro atoms. The van der Waals surface area contributed by atoms with E-state index in [1.807, 2.05) is 30.3 Å². The van der Waals surface area contributed by atoms with Crippen molar-refractivity contribution in [1.29, 1.82) is 0 Å². The van der Waals surface area contributed by atoms with Gasteiger partial charge in [-0.1, -0.05) is 53.5 Å². The predicted octanol–water partition coefficient (Wildman–Crippen LogP) is 5.06. The van der Waals surface area contributed by atoms with Gasteiger partial charge in [0.1, 0.15) is 24.4 Å². The molecule has 0 fully saturated rings. The molecule has 2 aromatic heterocycles. The molecule has 0 aliphatic rings. The van der Waals surface area contributed by atoms with Gasteiger partial charge in [-0.3, -0.25) is 10.1 Å². The number of ether oxygens (including phenoxy) is 1. The summed E-state index contributed by atoms with van der Waals surface area (Å²) in [5, 5.41) is 7.78. The van der Waals surface area contributed by atoms with E-state index in [0.717, 1.165) is 5.56 Å². The Morgan fingerprint density at radius 1 is 1.10 bits per heavy atom. The van der Waals surface area contributed by atoms with Crippen molar-refractivity contribution in [3.8, 4) is 5.75 Å². The average molecular weight is 443 g/mol. The highest BCUT2D eigenvalue weighted by Crippen LogP contribution is 2.28. The number of nitrogens with one attached hydrogen (secondary N) is 1. The second-order valence-electron chi connectivity index (χ2n) is 6.33. The molecule has 4 aromatic rings. The van der Waals surface area contributed by atoms with Crippen LogP contribution in [0.25, 0.3) is 0 Å². The molecular formula is C21H16Cl2N4O3. The van der Waals surface area contributed by atoms with E-state index in [1.54, 1.807) is 41.3 Å². The third-order valence-electron chi connectivity index (χ3n) is 4.10. The Morgan fingerprint density at radius 3 is 2.73 bits per heavy atom. The van der Waals surface area contributed by atoms with Crippen LogP contribution in [0.5, 0.6) is 5.75 Å². The fraction of sp³-hybridized carbons (Fsp3) is 0.0952. The molecular weight excluding hydrogens is 427 g/mol. The summed E-state index contributed by atoms with van der Waals surface area (Å²) in [5.74, 6) is 0.793. The van der Waals surface area contributed by atoms with E-state index in [2.05, 4.69) is 15.4 Å². The molecule has 7 nitrogen and oxygen atoms in total. The molecule has 1 amide bonds. The summed E-state index contributed by atoms with van der Waals surface area (Å²) in [6, 6.07) is 18.0. The van der Waals surface area contributed by atoms with Crippen molar-refractivity contribution in [3.63, 3.8) is 0 Å². The molecule has 2 aromatic carbocycles. The number of aromatic nitrogens is 3. The van der Waals surface area contributed by atoms with E-state index in [1.165, 1.54) is 0 Å². The van der Waals surface area contributed by atoms with Gasteiger partial charge in [-0.05, 0) is 35.9 Å². The summed E-state index contributed by atoms with van der Waals surface area (Å²) < 4.78 is 12.8. The summed E-state index contributed by atoms with van der Waals surface area (Å²) in [4.78, 5) is 16.5. The summed E-state index contributed by atoms with van der Waals surface area (Å²) >= 11 is 11.9. The first-order valence-corrected chi connectivity index (χ1v) is 9.74. The first kappa shape index (κ1) is 20.0. The molecule has 4 rings (SSSR count). The lowest BCUT2D eigenvalue weighted by atomic mass is 10.2. The van der Waals surface area contributed by atoms with Gasteiger partial charge in [-0.2, -0.15) is 0 Å². The van der Waals surface area contributed by atoms with Crippen LogP contribution in [-0.4, -0.2) is 20.7 Å². The highest BCUT2D eigenvalue weighted by atomic mass is 35.5. The van der Waals surface area contributed by atoms with Gasteiger partial charge in [0, 0.05) is 5.02 Å². The minimum atomic E-state index is -0.455. The molecule has 9 heteroatoms. The molecule has 0 atom stereocenters. The van der Waals surface area contributed by atoms with Gasteiger partial charge in [0.2, 0.25) is 5.95 Å². The van der Waals surface area contributed by atoms with Gasteiger partial charge < -0.3 is 9.15 Å². The topological polar surface area (TPSA) is 82.2 Å². The SMILES string of the molecule is O=C(Nc1ncn(Cc2ccccc2)n1)c1ccc(COc2ccc(Cl)cc2Cl)o1. The van der Waals surface area contributed by atoms with Crippen molar-refractivity contribution in [2.24, 2.45) is 0 Å². The molecule has 2 heterocycles. The number of anilines is 1. The van der Waals surface area contributed by atoms with E-state index in [9.17, 15) is 4.79 Å². The van der Waals surface area contributed by atoms with Gasteiger partial charge in [0.25, 0.3) is 5.91 Å². The molecule has 0 unspecified atom stereocenters. The van der Waals surface area contributed by atoms with E-state index in [-0.39, 0.29) is 18.3 Å². The Kier molecular flexibility index (Phi) is 6.02. The number of amides is 1. The summed E-state index contributed by atoms with van der Waals surface area (Å²) in [6.07, 6.45) is 1.56. The van der Waals surface area contributed by atoms with Crippen LogP contribution in [0.2, 0.25) is 10.0 Å². The fourth-order valence-electron chi connectivity index (χ4n) is 2.68. The number of furan rings is 1. The van der Waals surface area contributed by atoms with Gasteiger partial charge >= 0.3 is 0 Å². The summed E-state index contributed by atoms with van der Waals surface area (Å²) in [5.41, 5.74) is 1.08. The van der Waals surface area contributed by atoms with Crippen LogP contribution < -0.4 is 10.1 Å². The van der Waals surface area contributed by atoms with Crippen LogP contribution in [-0.2, 0) is 13.2 Å². The van der Waals surface area contributed by atoms with Gasteiger partial charge in [-0.25, -0.2) is 9.67 Å². The van der Waals surface area contributed by atoms with E-state index < -0.39 is 5.91 Å². The third kappa shape index (κ3) is 5.00. The number of nitrogens with zero attached hydrogens (tertiary/aromatic N) is 3. The van der Waals surface area contributed by atoms with E-state index in [0.29, 0.717) is 28.1 Å². The number of halogens is 2. The van der Waals surface area contributed by atoms with Gasteiger partial charge in [-0.15, -0.1) is 5.10 Å². The summed E-state index contributed by atoms with van der Waals surface area (Å²) in [7, 11) is 0. The van der Waals surface area contributed by atoms with Gasteiger partial charge in [0.15, 0.2) is 5.76 Å². The minimum absolute atomic E-state index is 0.110. The highest BCUT2D eigenvalue weighted by Gasteiger charge is 2.14. The highest BCUT2D eigenvalue weighted by molar-refractivity contribution is 6.35. The Hall–Kier alpha value is -3.29. The van der Waals surface area contributed by atoms with Crippen molar-refractivity contribution < 1.29 is 13.9 Å². The van der Waals surface area contributed by atoms with Crippen molar-refractivity contribution in [1.82, 2.24) is 14.8 Å². The zero-order valence-corrected chi connectivity index (χ0v) is 17.1. The standard InChI is InChI=1S/C21H16Cl2N4O3/c22-15-6-8-18(17(23)10-15)29-12-16-7-9-19(30-16)20(28)25-21-24-13-27(26-21)11-14-4-2-1-3-5-14/h1-10,13H,11-12H2,(H,25,26,28). The maximum Gasteiger partial charge on any atom is 0.293 e. The number of hydrogen-bond donors (Lipinski definition) is 1. The maximum atomic E-state index is 12.4. The molecule has 0 bridgehead atoms. The Bertz CT molecular complexity index is 1160. The predicted molar refractivity (Wildman–Crippen MR) is 113 cm³/mol. The molecule has 0 aliphatic heterocycles. The van der Waals surface area contributed by atoms with Crippen LogP contribution in [0.1, 0.15) is 21.9 Å². The first-order valence-electron chi connectivity index (χ1n) is 8.98. The number of carbonyl (C=O) groups excluding carboxylic acids is 1. The largest absolute Gasteiger partial charge is 0.484 e. The second-order valence-corrected chi connectivity index (χ2v) is 7.18. The molecule has 0 saturated heterocycles. The van der Waals surface area contributed by atoms with Crippen molar-refractivity contribution in [3.05, 3.63) is 94.1 Å². The maximum absolute atomic E-state index is 12.4. The number of hydrogen-bond acceptors (Lipinski definition) is 5. The normalized spacial score (nSPS) is 10.7. The van der Waals surface area contributed by atoms with Crippen LogP contribution in [0, 0.1) is 0 Å². The Labute approximate surface area is 182 Å². The van der Waals surface area contributed by atoms with E-state index >= 15 is 0 Å². The van der Waals surface area contributed by atoms with Crippen molar-refractivity contribution in [2.45, 2.75) is 13.2 Å². The fourth-order valence-corrected chi connectivity index (χ4v) is 3.14. The second kappa shape index (κ2) is 9.02. The molecule has 30 heavy (non-hydrogen) atoms. The van der Waals surface area contributed by atoms with Crippen molar-refractivity contribution in [2.75, 3.05) is 5.32 Å². The molecule has 0 radical (unpaired) electrons. The van der Waals surface area contributed by atoms with Gasteiger partial charge in [0.05, 0.1) is 11.6 Å². The number of carbonyl (C=O) groups is 1. The molecule has 0 aliphatic carbocycles. The van der Waals surface area contributed by atoms with Crippen molar-refractivity contribution >= 4 is 35.1 Å². The quantitative estimate of drug-likeness (QED) is 0.432. The zero-order chi connectivity index (χ0) is 20.9. The van der Waals surface area contributed by atoms with Crippen LogP contribution >= 0.6 is 23.2 Å². The molecule has 0 saturated carbocycles. The van der Waals surface area contributed by atoms with Crippen LogP contribution in [0.3, 0.4) is 0 Å². The zero-order valence-electron chi connectivity index (χ0n) is 15.6. The Balaban J connectivity index is 1.34. The smallest absolute Gasteiger partial charge is 0.293 e. The third-order valence-corrected chi connectivity index (χ3v) is 4.63. The number of rotatable bonds is 7. The Morgan fingerprint density at radius 2 is 1.93 bits per heavy atom. The average Bonchev–Trinajstić information content (AvgIpc) is 3.38. The van der Waals surface area contributed by atoms with E-state index in [4.69, 9.17) is 32.4 Å². The number of benzene rings is 2. The minimum Gasteiger partial charge on any atom is -0.484 e. The van der Waals surface area contributed by atoms with Crippen LogP contribution in [0.4, 0.5) is 5.95 Å². The first-order chi connectivity index (χ1) is 14.6. The molecule has 1 N–H and O–H groups in total. The summed E-state index contributed by atoms with van der Waals surface area (Å²) in [6.45, 7) is 0.664. The lowest BCUT2D eigenvalue weighted by molar-refractivity contribution is 0.0991. The lowest BCUT2D eigenvalue weighted by Crippen LogP contribution is -2.12. The molecule has 152 valence electrons. The monoisotopic (exact) mass is 442 g/mol. The lowest BCUT2D eigenvalue weighted by Gasteiger charge is -2.06. The van der Waals surface area contributed by atoms with Crippen LogP contribution in [0.15, 0.2) is 71.4 Å².